The third-order valence-corrected chi connectivity index (χ3v) is 3.11. The van der Waals surface area contributed by atoms with Crippen molar-refractivity contribution in [2.75, 3.05) is 39.2 Å². The molecule has 1 heterocycles. The quantitative estimate of drug-likeness (QED) is 0.801. The highest BCUT2D eigenvalue weighted by Crippen LogP contribution is 2.16. The predicted molar refractivity (Wildman–Crippen MR) is 85.9 cm³/mol. The zero-order valence-electron chi connectivity index (χ0n) is 13.5. The maximum absolute atomic E-state index is 11.8. The van der Waals surface area contributed by atoms with E-state index in [4.69, 9.17) is 14.0 Å². The Bertz CT molecular complexity index is 625. The summed E-state index contributed by atoms with van der Waals surface area (Å²) in [7, 11) is 3.47. The number of nitrogens with one attached hydrogen (secondary N) is 1. The number of carbonyl (C=O) groups is 1. The lowest BCUT2D eigenvalue weighted by atomic mass is 10.3. The first-order chi connectivity index (χ1) is 11.1. The van der Waals surface area contributed by atoms with Gasteiger partial charge in [0.2, 0.25) is 5.91 Å². The van der Waals surface area contributed by atoms with Crippen LogP contribution in [0.1, 0.15) is 5.76 Å². The third kappa shape index (κ3) is 5.63. The first kappa shape index (κ1) is 16.8. The Morgan fingerprint density at radius 3 is 2.61 bits per heavy atom. The number of anilines is 1. The van der Waals surface area contributed by atoms with E-state index < -0.39 is 0 Å². The van der Waals surface area contributed by atoms with E-state index in [9.17, 15) is 4.79 Å². The summed E-state index contributed by atoms with van der Waals surface area (Å²) in [5.41, 5.74) is 0. The van der Waals surface area contributed by atoms with E-state index in [0.717, 1.165) is 11.5 Å². The highest BCUT2D eigenvalue weighted by molar-refractivity contribution is 5.91. The van der Waals surface area contributed by atoms with E-state index in [1.54, 1.807) is 20.1 Å². The first-order valence-electron chi connectivity index (χ1n) is 7.25. The first-order valence-corrected chi connectivity index (χ1v) is 7.25. The van der Waals surface area contributed by atoms with Gasteiger partial charge in [-0.3, -0.25) is 9.69 Å². The standard InChI is InChI=1S/C16H21N3O4/c1-12-10-15(18-23-12)17-16(20)11-19(2)8-9-22-14-6-4-13(21-3)5-7-14/h4-7,10H,8-9,11H2,1-3H3,(H,17,18,20). The number of amides is 1. The number of likely N-dealkylation sites (N-methyl/N-ethyl adjacent to an activating group) is 1. The Kier molecular flexibility index (Phi) is 5.99. The minimum atomic E-state index is -0.148. The molecule has 0 fully saturated rings. The smallest absolute Gasteiger partial charge is 0.239 e. The maximum Gasteiger partial charge on any atom is 0.239 e. The second-order valence-corrected chi connectivity index (χ2v) is 5.13. The van der Waals surface area contributed by atoms with Crippen LogP contribution in [0.5, 0.6) is 11.5 Å². The average Bonchev–Trinajstić information content (AvgIpc) is 2.92. The van der Waals surface area contributed by atoms with Gasteiger partial charge >= 0.3 is 0 Å². The molecule has 7 heteroatoms. The van der Waals surface area contributed by atoms with Crippen LogP contribution < -0.4 is 14.8 Å². The van der Waals surface area contributed by atoms with Gasteiger partial charge in [-0.25, -0.2) is 0 Å². The van der Waals surface area contributed by atoms with E-state index >= 15 is 0 Å². The van der Waals surface area contributed by atoms with Gasteiger partial charge in [-0.2, -0.15) is 0 Å². The van der Waals surface area contributed by atoms with Crippen molar-refractivity contribution in [1.29, 1.82) is 0 Å². The van der Waals surface area contributed by atoms with Gasteiger partial charge in [0.05, 0.1) is 13.7 Å². The Labute approximate surface area is 135 Å². The molecule has 1 aromatic carbocycles. The molecular weight excluding hydrogens is 298 g/mol. The van der Waals surface area contributed by atoms with Crippen molar-refractivity contribution in [2.45, 2.75) is 6.92 Å². The van der Waals surface area contributed by atoms with E-state index in [2.05, 4.69) is 10.5 Å². The number of hydrogen-bond acceptors (Lipinski definition) is 6. The highest BCUT2D eigenvalue weighted by atomic mass is 16.5. The number of carbonyl (C=O) groups excluding carboxylic acids is 1. The molecule has 7 nitrogen and oxygen atoms in total. The number of benzene rings is 1. The summed E-state index contributed by atoms with van der Waals surface area (Å²) in [6, 6.07) is 9.04. The number of methoxy groups -OCH3 is 1. The molecule has 0 aliphatic rings. The summed E-state index contributed by atoms with van der Waals surface area (Å²) in [6.07, 6.45) is 0. The third-order valence-electron chi connectivity index (χ3n) is 3.11. The normalized spacial score (nSPS) is 10.6. The molecule has 1 aromatic heterocycles. The molecule has 1 amide bonds. The number of ether oxygens (including phenoxy) is 2. The lowest BCUT2D eigenvalue weighted by Crippen LogP contribution is -2.33. The molecule has 0 aliphatic carbocycles. The van der Waals surface area contributed by atoms with E-state index in [1.165, 1.54) is 0 Å². The molecule has 0 unspecified atom stereocenters. The summed E-state index contributed by atoms with van der Waals surface area (Å²) in [6.45, 7) is 3.12. The molecule has 0 saturated heterocycles. The summed E-state index contributed by atoms with van der Waals surface area (Å²) in [5, 5.41) is 6.39. The van der Waals surface area contributed by atoms with E-state index in [0.29, 0.717) is 24.7 Å². The zero-order valence-corrected chi connectivity index (χ0v) is 13.5. The van der Waals surface area contributed by atoms with E-state index in [-0.39, 0.29) is 12.5 Å². The molecule has 0 spiro atoms. The molecule has 23 heavy (non-hydrogen) atoms. The minimum Gasteiger partial charge on any atom is -0.497 e. The molecule has 124 valence electrons. The number of hydrogen-bond donors (Lipinski definition) is 1. The SMILES string of the molecule is COc1ccc(OCCN(C)CC(=O)Nc2cc(C)on2)cc1. The van der Waals surface area contributed by atoms with Crippen molar-refractivity contribution in [3.63, 3.8) is 0 Å². The molecule has 2 aromatic rings. The van der Waals surface area contributed by atoms with Crippen LogP contribution in [0.2, 0.25) is 0 Å². The van der Waals surface area contributed by atoms with Crippen LogP contribution in [0.4, 0.5) is 5.82 Å². The van der Waals surface area contributed by atoms with Gasteiger partial charge in [-0.1, -0.05) is 5.16 Å². The van der Waals surface area contributed by atoms with Crippen LogP contribution in [0.25, 0.3) is 0 Å². The zero-order chi connectivity index (χ0) is 16.7. The molecule has 0 atom stereocenters. The van der Waals surface area contributed by atoms with Gasteiger partial charge in [0.1, 0.15) is 23.9 Å². The highest BCUT2D eigenvalue weighted by Gasteiger charge is 2.09. The summed E-state index contributed by atoms with van der Waals surface area (Å²) >= 11 is 0. The van der Waals surface area contributed by atoms with Gasteiger partial charge in [0.15, 0.2) is 5.82 Å². The lowest BCUT2D eigenvalue weighted by Gasteiger charge is -2.16. The van der Waals surface area contributed by atoms with Crippen LogP contribution in [0.15, 0.2) is 34.9 Å². The van der Waals surface area contributed by atoms with Gasteiger partial charge in [0.25, 0.3) is 0 Å². The second kappa shape index (κ2) is 8.19. The monoisotopic (exact) mass is 319 g/mol. The van der Waals surface area contributed by atoms with E-state index in [1.807, 2.05) is 36.2 Å². The van der Waals surface area contributed by atoms with Gasteiger partial charge in [-0.05, 0) is 38.2 Å². The van der Waals surface area contributed by atoms with Crippen molar-refractivity contribution >= 4 is 11.7 Å². The van der Waals surface area contributed by atoms with Crippen molar-refractivity contribution < 1.29 is 18.8 Å². The molecule has 0 saturated carbocycles. The lowest BCUT2D eigenvalue weighted by molar-refractivity contribution is -0.117. The number of rotatable bonds is 8. The maximum atomic E-state index is 11.8. The second-order valence-electron chi connectivity index (χ2n) is 5.13. The number of nitrogens with zero attached hydrogens (tertiary/aromatic N) is 2. The van der Waals surface area contributed by atoms with Crippen molar-refractivity contribution in [2.24, 2.45) is 0 Å². The Hall–Kier alpha value is -2.54. The predicted octanol–water partition coefficient (Wildman–Crippen LogP) is 1.94. The summed E-state index contributed by atoms with van der Waals surface area (Å²) < 4.78 is 15.6. The van der Waals surface area contributed by atoms with Crippen LogP contribution in [-0.4, -0.2) is 49.8 Å². The fraction of sp³-hybridized carbons (Fsp3) is 0.375. The molecule has 2 rings (SSSR count). The van der Waals surface area contributed by atoms with Gasteiger partial charge in [0, 0.05) is 12.6 Å². The largest absolute Gasteiger partial charge is 0.497 e. The Balaban J connectivity index is 1.67. The summed E-state index contributed by atoms with van der Waals surface area (Å²) in [5.74, 6) is 2.48. The molecule has 0 aliphatic heterocycles. The van der Waals surface area contributed by atoms with Crippen molar-refractivity contribution in [1.82, 2.24) is 10.1 Å². The van der Waals surface area contributed by atoms with Crippen LogP contribution in [0, 0.1) is 6.92 Å². The molecule has 0 bridgehead atoms. The molecule has 0 radical (unpaired) electrons. The van der Waals surface area contributed by atoms with Crippen LogP contribution >= 0.6 is 0 Å². The number of aromatic nitrogens is 1. The number of aryl methyl sites for hydroxylation is 1. The average molecular weight is 319 g/mol. The minimum absolute atomic E-state index is 0.148. The molecule has 1 N–H and O–H groups in total. The fourth-order valence-corrected chi connectivity index (χ4v) is 1.92. The Morgan fingerprint density at radius 2 is 2.00 bits per heavy atom. The van der Waals surface area contributed by atoms with Crippen LogP contribution in [-0.2, 0) is 4.79 Å². The van der Waals surface area contributed by atoms with Crippen molar-refractivity contribution in [3.8, 4) is 11.5 Å². The molecular formula is C16H21N3O4. The summed E-state index contributed by atoms with van der Waals surface area (Å²) in [4.78, 5) is 13.7. The van der Waals surface area contributed by atoms with Crippen LogP contribution in [0.3, 0.4) is 0 Å². The fourth-order valence-electron chi connectivity index (χ4n) is 1.92. The van der Waals surface area contributed by atoms with Gasteiger partial charge in [-0.15, -0.1) is 0 Å². The topological polar surface area (TPSA) is 76.8 Å². The van der Waals surface area contributed by atoms with Gasteiger partial charge < -0.3 is 19.3 Å². The van der Waals surface area contributed by atoms with Crippen molar-refractivity contribution in [3.05, 3.63) is 36.1 Å². The Morgan fingerprint density at radius 1 is 1.30 bits per heavy atom.